The number of benzene rings is 1. The van der Waals surface area contributed by atoms with Gasteiger partial charge in [0.05, 0.1) is 0 Å². The molecule has 0 saturated heterocycles. The van der Waals surface area contributed by atoms with E-state index in [9.17, 15) is 13.2 Å². The molecule has 1 aromatic rings. The van der Waals surface area contributed by atoms with Crippen LogP contribution in [0.15, 0.2) is 18.2 Å². The Morgan fingerprint density at radius 2 is 2.10 bits per heavy atom. The van der Waals surface area contributed by atoms with Crippen molar-refractivity contribution in [2.75, 3.05) is 7.05 Å². The summed E-state index contributed by atoms with van der Waals surface area (Å²) in [6.07, 6.45) is -1.75. The van der Waals surface area contributed by atoms with E-state index in [1.807, 2.05) is 0 Å². The fourth-order valence-corrected chi connectivity index (χ4v) is 2.64. The Labute approximate surface area is 122 Å². The summed E-state index contributed by atoms with van der Waals surface area (Å²) in [5.41, 5.74) is -0.709. The number of fused-ring (bicyclic) bond motifs is 1. The highest BCUT2D eigenvalue weighted by molar-refractivity contribution is 7.80. The molecular weight excluding hydrogens is 302 g/mol. The summed E-state index contributed by atoms with van der Waals surface area (Å²) in [6.45, 7) is 3.18. The Kier molecular flexibility index (Phi) is 3.83. The second kappa shape index (κ2) is 5.17. The third kappa shape index (κ3) is 3.26. The summed E-state index contributed by atoms with van der Waals surface area (Å²) < 4.78 is 46.2. The van der Waals surface area contributed by atoms with Crippen molar-refractivity contribution in [2.45, 2.75) is 25.6 Å². The van der Waals surface area contributed by atoms with E-state index < -0.39 is 28.2 Å². The third-order valence-electron chi connectivity index (χ3n) is 2.91. The van der Waals surface area contributed by atoms with Crippen LogP contribution in [-0.4, -0.2) is 31.7 Å². The fraction of sp³-hybridized carbons (Fsp3) is 0.417. The average molecular weight is 317 g/mol. The number of carbonyl (C=O) groups is 1. The quantitative estimate of drug-likeness (QED) is 0.811. The molecule has 1 heterocycles. The van der Waals surface area contributed by atoms with E-state index >= 15 is 0 Å². The molecule has 116 valence electrons. The molecule has 1 aliphatic heterocycles. The molecule has 2 N–H and O–H groups in total. The maximum atomic E-state index is 11.3. The molecule has 1 atom stereocenters. The van der Waals surface area contributed by atoms with Crippen molar-refractivity contribution in [3.8, 4) is 11.5 Å². The molecule has 1 aromatic carbocycles. The van der Waals surface area contributed by atoms with Crippen LogP contribution < -0.4 is 14.8 Å². The largest absolute Gasteiger partial charge is 0.480 e. The van der Waals surface area contributed by atoms with Crippen molar-refractivity contribution in [1.29, 1.82) is 0 Å². The number of para-hydroxylation sites is 1. The molecule has 2 rings (SSSR count). The molecular formula is C12H15NO7S. The molecule has 0 fully saturated rings. The number of carbonyl (C=O) groups excluding carboxylic acids is 1. The van der Waals surface area contributed by atoms with Gasteiger partial charge in [-0.3, -0.25) is 4.55 Å². The standard InChI is InChI=1S/C12H15NO7S/c1-12(2)10(20-21(15,16)17)7-5-4-6-8(9(7)19-12)18-11(14)13-3/h4-6,10H,1-3H3,(H,13,14)(H,15,16,17). The predicted octanol–water partition coefficient (Wildman–Crippen LogP) is 1.44. The van der Waals surface area contributed by atoms with Gasteiger partial charge in [-0.05, 0) is 19.9 Å². The van der Waals surface area contributed by atoms with Gasteiger partial charge in [-0.25, -0.2) is 8.98 Å². The first-order valence-corrected chi connectivity index (χ1v) is 7.38. The Bertz CT molecular complexity index is 668. The summed E-state index contributed by atoms with van der Waals surface area (Å²) in [5.74, 6) is 0.320. The minimum atomic E-state index is -4.66. The normalized spacial score (nSPS) is 19.5. The van der Waals surface area contributed by atoms with Crippen LogP contribution in [0.3, 0.4) is 0 Å². The van der Waals surface area contributed by atoms with Crippen molar-refractivity contribution in [1.82, 2.24) is 5.32 Å². The maximum absolute atomic E-state index is 11.3. The smallest absolute Gasteiger partial charge is 0.412 e. The Morgan fingerprint density at radius 3 is 2.67 bits per heavy atom. The van der Waals surface area contributed by atoms with Crippen molar-refractivity contribution < 1.29 is 31.4 Å². The molecule has 1 aliphatic rings. The van der Waals surface area contributed by atoms with E-state index in [0.717, 1.165) is 0 Å². The summed E-state index contributed by atoms with van der Waals surface area (Å²) in [7, 11) is -3.26. The number of rotatable bonds is 3. The van der Waals surface area contributed by atoms with Gasteiger partial charge in [-0.1, -0.05) is 12.1 Å². The summed E-state index contributed by atoms with van der Waals surface area (Å²) >= 11 is 0. The van der Waals surface area contributed by atoms with Crippen molar-refractivity contribution in [2.24, 2.45) is 0 Å². The first-order chi connectivity index (χ1) is 9.64. The van der Waals surface area contributed by atoms with Crippen LogP contribution in [0.4, 0.5) is 4.79 Å². The summed E-state index contributed by atoms with van der Waals surface area (Å²) in [5, 5.41) is 2.29. The lowest BCUT2D eigenvalue weighted by molar-refractivity contribution is 0.0127. The van der Waals surface area contributed by atoms with Gasteiger partial charge in [-0.2, -0.15) is 8.42 Å². The van der Waals surface area contributed by atoms with Crippen molar-refractivity contribution >= 4 is 16.5 Å². The van der Waals surface area contributed by atoms with E-state index in [4.69, 9.17) is 14.0 Å². The van der Waals surface area contributed by atoms with E-state index in [-0.39, 0.29) is 11.5 Å². The van der Waals surface area contributed by atoms with Crippen LogP contribution in [0, 0.1) is 0 Å². The van der Waals surface area contributed by atoms with Gasteiger partial charge < -0.3 is 14.8 Å². The molecule has 0 radical (unpaired) electrons. The number of ether oxygens (including phenoxy) is 2. The highest BCUT2D eigenvalue weighted by Gasteiger charge is 2.46. The van der Waals surface area contributed by atoms with Crippen LogP contribution in [-0.2, 0) is 14.6 Å². The lowest BCUT2D eigenvalue weighted by Crippen LogP contribution is -2.33. The summed E-state index contributed by atoms with van der Waals surface area (Å²) in [4.78, 5) is 11.3. The van der Waals surface area contributed by atoms with Gasteiger partial charge in [0.2, 0.25) is 0 Å². The Hall–Kier alpha value is -1.84. The molecule has 0 aromatic heterocycles. The van der Waals surface area contributed by atoms with Gasteiger partial charge >= 0.3 is 16.5 Å². The SMILES string of the molecule is CNC(=O)Oc1cccc2c1OC(C)(C)C2OS(=O)(=O)O. The molecule has 0 aliphatic carbocycles. The topological polar surface area (TPSA) is 111 Å². The van der Waals surface area contributed by atoms with Gasteiger partial charge in [0.1, 0.15) is 11.7 Å². The summed E-state index contributed by atoms with van der Waals surface area (Å²) in [6, 6.07) is 4.62. The van der Waals surface area contributed by atoms with Gasteiger partial charge in [0, 0.05) is 12.6 Å². The van der Waals surface area contributed by atoms with E-state index in [2.05, 4.69) is 9.50 Å². The van der Waals surface area contributed by atoms with Crippen molar-refractivity contribution in [3.63, 3.8) is 0 Å². The highest BCUT2D eigenvalue weighted by atomic mass is 32.3. The van der Waals surface area contributed by atoms with Crippen LogP contribution in [0.5, 0.6) is 11.5 Å². The zero-order valence-electron chi connectivity index (χ0n) is 11.6. The Morgan fingerprint density at radius 1 is 1.43 bits per heavy atom. The average Bonchev–Trinajstić information content (AvgIpc) is 2.60. The zero-order valence-corrected chi connectivity index (χ0v) is 12.4. The van der Waals surface area contributed by atoms with E-state index in [1.165, 1.54) is 13.1 Å². The molecule has 1 unspecified atom stereocenters. The van der Waals surface area contributed by atoms with Crippen LogP contribution in [0.25, 0.3) is 0 Å². The van der Waals surface area contributed by atoms with E-state index in [0.29, 0.717) is 5.56 Å². The third-order valence-corrected chi connectivity index (χ3v) is 3.35. The second-order valence-electron chi connectivity index (χ2n) is 4.92. The minimum Gasteiger partial charge on any atom is -0.480 e. The van der Waals surface area contributed by atoms with Crippen molar-refractivity contribution in [3.05, 3.63) is 23.8 Å². The molecule has 21 heavy (non-hydrogen) atoms. The molecule has 1 amide bonds. The van der Waals surface area contributed by atoms with Crippen LogP contribution >= 0.6 is 0 Å². The molecule has 8 nitrogen and oxygen atoms in total. The fourth-order valence-electron chi connectivity index (χ4n) is 2.06. The molecule has 0 saturated carbocycles. The zero-order chi connectivity index (χ0) is 15.8. The lowest BCUT2D eigenvalue weighted by Gasteiger charge is -2.24. The molecule has 9 heteroatoms. The highest BCUT2D eigenvalue weighted by Crippen LogP contribution is 2.50. The second-order valence-corrected chi connectivity index (χ2v) is 5.97. The van der Waals surface area contributed by atoms with Crippen LogP contribution in [0.1, 0.15) is 25.5 Å². The first-order valence-electron chi connectivity index (χ1n) is 6.01. The Balaban J connectivity index is 2.43. The number of hydrogen-bond donors (Lipinski definition) is 2. The van der Waals surface area contributed by atoms with E-state index in [1.54, 1.807) is 26.0 Å². The first kappa shape index (κ1) is 15.5. The van der Waals surface area contributed by atoms with Gasteiger partial charge in [0.25, 0.3) is 0 Å². The number of amides is 1. The number of nitrogens with one attached hydrogen (secondary N) is 1. The maximum Gasteiger partial charge on any atom is 0.412 e. The molecule has 0 spiro atoms. The molecule has 0 bridgehead atoms. The monoisotopic (exact) mass is 317 g/mol. The minimum absolute atomic E-state index is 0.126. The predicted molar refractivity (Wildman–Crippen MR) is 71.6 cm³/mol. The van der Waals surface area contributed by atoms with Gasteiger partial charge in [-0.15, -0.1) is 0 Å². The van der Waals surface area contributed by atoms with Crippen LogP contribution in [0.2, 0.25) is 0 Å². The lowest BCUT2D eigenvalue weighted by atomic mass is 9.98. The van der Waals surface area contributed by atoms with Gasteiger partial charge in [0.15, 0.2) is 11.5 Å². The number of hydrogen-bond acceptors (Lipinski definition) is 6.